The maximum absolute atomic E-state index is 13.5. The van der Waals surface area contributed by atoms with E-state index in [9.17, 15) is 24.3 Å². The van der Waals surface area contributed by atoms with Crippen molar-refractivity contribution in [2.24, 2.45) is 0 Å². The standard InChI is InChI=1S/C31H39N3O6/c1-5-6-19-25(29(37)38)33-27(35)24(20-13-18-22-14-9-7-10-15-22)32-28(36)26(21-23-16-11-8-12-17-23)34-30(39)40-31(2,3)4/h7-12,14-17,24-26H,5-6,19-21H2,1-4H3,(H,32,36)(H,33,35)(H,34,39)(H,37,38)/t24-,25-,26-/m1/s1. The predicted octanol–water partition coefficient (Wildman–Crippen LogP) is 3.81. The molecule has 0 bridgehead atoms. The molecule has 3 atom stereocenters. The van der Waals surface area contributed by atoms with Gasteiger partial charge in [0, 0.05) is 18.4 Å². The van der Waals surface area contributed by atoms with Gasteiger partial charge in [-0.05, 0) is 44.9 Å². The van der Waals surface area contributed by atoms with E-state index in [1.165, 1.54) is 0 Å². The second-order valence-corrected chi connectivity index (χ2v) is 10.4. The molecule has 9 heteroatoms. The molecule has 0 unspecified atom stereocenters. The molecule has 2 rings (SSSR count). The number of carboxylic acid groups (broad SMARTS) is 1. The first-order valence-corrected chi connectivity index (χ1v) is 13.4. The lowest BCUT2D eigenvalue weighted by Crippen LogP contribution is -2.56. The molecule has 2 aromatic rings. The molecule has 0 aliphatic rings. The van der Waals surface area contributed by atoms with Crippen molar-refractivity contribution in [2.75, 3.05) is 0 Å². The number of nitrogens with one attached hydrogen (secondary N) is 3. The van der Waals surface area contributed by atoms with Crippen LogP contribution in [-0.2, 0) is 25.5 Å². The zero-order valence-electron chi connectivity index (χ0n) is 23.5. The van der Waals surface area contributed by atoms with Gasteiger partial charge in [0.05, 0.1) is 0 Å². The van der Waals surface area contributed by atoms with Crippen LogP contribution in [0.5, 0.6) is 0 Å². The maximum Gasteiger partial charge on any atom is 0.408 e. The quantitative estimate of drug-likeness (QED) is 0.298. The molecular weight excluding hydrogens is 510 g/mol. The van der Waals surface area contributed by atoms with Crippen LogP contribution in [0.1, 0.15) is 64.5 Å². The van der Waals surface area contributed by atoms with Crippen molar-refractivity contribution >= 4 is 23.9 Å². The van der Waals surface area contributed by atoms with Crippen LogP contribution in [-0.4, -0.2) is 52.7 Å². The lowest BCUT2D eigenvalue weighted by atomic mass is 10.0. The van der Waals surface area contributed by atoms with E-state index >= 15 is 0 Å². The summed E-state index contributed by atoms with van der Waals surface area (Å²) in [4.78, 5) is 51.0. The molecule has 0 aromatic heterocycles. The minimum Gasteiger partial charge on any atom is -0.480 e. The van der Waals surface area contributed by atoms with Gasteiger partial charge >= 0.3 is 12.1 Å². The molecule has 0 fully saturated rings. The third kappa shape index (κ3) is 12.0. The van der Waals surface area contributed by atoms with E-state index in [-0.39, 0.29) is 19.3 Å². The Morgan fingerprint density at radius 1 is 0.850 bits per heavy atom. The zero-order chi connectivity index (χ0) is 29.5. The molecule has 0 aliphatic carbocycles. The Labute approximate surface area is 236 Å². The fourth-order valence-corrected chi connectivity index (χ4v) is 3.71. The van der Waals surface area contributed by atoms with Crippen molar-refractivity contribution in [3.8, 4) is 11.8 Å². The summed E-state index contributed by atoms with van der Waals surface area (Å²) >= 11 is 0. The number of unbranched alkanes of at least 4 members (excludes halogenated alkanes) is 1. The highest BCUT2D eigenvalue weighted by atomic mass is 16.6. The summed E-state index contributed by atoms with van der Waals surface area (Å²) in [5.74, 6) is 3.41. The number of ether oxygens (including phenoxy) is 1. The van der Waals surface area contributed by atoms with Crippen molar-refractivity contribution in [2.45, 2.75) is 83.5 Å². The molecule has 0 radical (unpaired) electrons. The fraction of sp³-hybridized carbons (Fsp3) is 0.419. The van der Waals surface area contributed by atoms with E-state index in [1.54, 1.807) is 20.8 Å². The second kappa shape index (κ2) is 15.9. The van der Waals surface area contributed by atoms with Crippen molar-refractivity contribution in [1.29, 1.82) is 0 Å². The normalized spacial score (nSPS) is 13.0. The summed E-state index contributed by atoms with van der Waals surface area (Å²) < 4.78 is 5.34. The molecule has 0 saturated carbocycles. The Morgan fingerprint density at radius 3 is 2.00 bits per heavy atom. The second-order valence-electron chi connectivity index (χ2n) is 10.4. The molecule has 214 valence electrons. The van der Waals surface area contributed by atoms with Crippen LogP contribution in [0, 0.1) is 11.8 Å². The number of amides is 3. The van der Waals surface area contributed by atoms with Gasteiger partial charge < -0.3 is 25.8 Å². The van der Waals surface area contributed by atoms with Gasteiger partial charge in [0.1, 0.15) is 23.7 Å². The number of alkyl carbamates (subject to hydrolysis) is 1. The lowest BCUT2D eigenvalue weighted by molar-refractivity contribution is -0.142. The first-order chi connectivity index (χ1) is 19.0. The smallest absolute Gasteiger partial charge is 0.408 e. The molecule has 3 amide bonds. The number of rotatable bonds is 12. The van der Waals surface area contributed by atoms with E-state index in [4.69, 9.17) is 4.74 Å². The van der Waals surface area contributed by atoms with Gasteiger partial charge in [-0.3, -0.25) is 9.59 Å². The Morgan fingerprint density at radius 2 is 1.43 bits per heavy atom. The Bertz CT molecular complexity index is 1180. The lowest BCUT2D eigenvalue weighted by Gasteiger charge is -2.25. The van der Waals surface area contributed by atoms with Crippen LogP contribution in [0.2, 0.25) is 0 Å². The first-order valence-electron chi connectivity index (χ1n) is 13.4. The van der Waals surface area contributed by atoms with Crippen molar-refractivity contribution in [3.63, 3.8) is 0 Å². The van der Waals surface area contributed by atoms with Gasteiger partial charge in [-0.2, -0.15) is 0 Å². The highest BCUT2D eigenvalue weighted by molar-refractivity contribution is 5.93. The van der Waals surface area contributed by atoms with Crippen LogP contribution in [0.4, 0.5) is 4.79 Å². The summed E-state index contributed by atoms with van der Waals surface area (Å²) in [6.07, 6.45) is 0.923. The van der Waals surface area contributed by atoms with Gasteiger partial charge in [0.25, 0.3) is 0 Å². The van der Waals surface area contributed by atoms with Crippen molar-refractivity contribution < 1.29 is 29.0 Å². The minimum absolute atomic E-state index is 0.0723. The Balaban J connectivity index is 2.28. The third-order valence-electron chi connectivity index (χ3n) is 5.70. The van der Waals surface area contributed by atoms with E-state index < -0.39 is 47.6 Å². The highest BCUT2D eigenvalue weighted by Gasteiger charge is 2.30. The number of benzene rings is 2. The van der Waals surface area contributed by atoms with Crippen molar-refractivity contribution in [3.05, 3.63) is 71.8 Å². The molecule has 0 spiro atoms. The number of aliphatic carboxylic acids is 1. The molecule has 4 N–H and O–H groups in total. The third-order valence-corrected chi connectivity index (χ3v) is 5.70. The summed E-state index contributed by atoms with van der Waals surface area (Å²) in [6, 6.07) is 14.9. The zero-order valence-corrected chi connectivity index (χ0v) is 23.5. The summed E-state index contributed by atoms with van der Waals surface area (Å²) in [7, 11) is 0. The van der Waals surface area contributed by atoms with E-state index in [0.717, 1.165) is 17.5 Å². The number of hydrogen-bond acceptors (Lipinski definition) is 5. The van der Waals surface area contributed by atoms with Crippen LogP contribution in [0.15, 0.2) is 60.7 Å². The summed E-state index contributed by atoms with van der Waals surface area (Å²) in [5.41, 5.74) is 0.736. The van der Waals surface area contributed by atoms with Crippen LogP contribution in [0.3, 0.4) is 0 Å². The maximum atomic E-state index is 13.5. The van der Waals surface area contributed by atoms with Crippen LogP contribution < -0.4 is 16.0 Å². The summed E-state index contributed by atoms with van der Waals surface area (Å²) in [6.45, 7) is 7.06. The monoisotopic (exact) mass is 549 g/mol. The number of hydrogen-bond donors (Lipinski definition) is 4. The molecule has 0 saturated heterocycles. The minimum atomic E-state index is -1.16. The highest BCUT2D eigenvalue weighted by Crippen LogP contribution is 2.10. The van der Waals surface area contributed by atoms with Gasteiger partial charge in [-0.15, -0.1) is 0 Å². The topological polar surface area (TPSA) is 134 Å². The molecule has 9 nitrogen and oxygen atoms in total. The van der Waals surface area contributed by atoms with Gasteiger partial charge in [0.2, 0.25) is 11.8 Å². The molecule has 40 heavy (non-hydrogen) atoms. The first kappa shape index (κ1) is 31.9. The molecular formula is C31H39N3O6. The predicted molar refractivity (Wildman–Crippen MR) is 152 cm³/mol. The van der Waals surface area contributed by atoms with Crippen LogP contribution in [0.25, 0.3) is 0 Å². The van der Waals surface area contributed by atoms with Crippen molar-refractivity contribution in [1.82, 2.24) is 16.0 Å². The van der Waals surface area contributed by atoms with Crippen LogP contribution >= 0.6 is 0 Å². The largest absolute Gasteiger partial charge is 0.480 e. The van der Waals surface area contributed by atoms with E-state index in [2.05, 4.69) is 27.8 Å². The number of carboxylic acids is 1. The Hall–Kier alpha value is -4.32. The van der Waals surface area contributed by atoms with Gasteiger partial charge in [-0.25, -0.2) is 9.59 Å². The fourth-order valence-electron chi connectivity index (χ4n) is 3.71. The average molecular weight is 550 g/mol. The Kier molecular flexibility index (Phi) is 12.7. The van der Waals surface area contributed by atoms with Gasteiger partial charge in [0.15, 0.2) is 0 Å². The molecule has 2 aromatic carbocycles. The van der Waals surface area contributed by atoms with E-state index in [1.807, 2.05) is 67.6 Å². The number of carbonyl (C=O) groups excluding carboxylic acids is 3. The SMILES string of the molecule is CCCC[C@@H](NC(=O)[C@@H](CC#Cc1ccccc1)NC(=O)[C@@H](Cc1ccccc1)NC(=O)OC(C)(C)C)C(=O)O. The van der Waals surface area contributed by atoms with Gasteiger partial charge in [-0.1, -0.05) is 80.1 Å². The molecule has 0 heterocycles. The molecule has 0 aliphatic heterocycles. The number of carbonyl (C=O) groups is 4. The summed E-state index contributed by atoms with van der Waals surface area (Å²) in [5, 5.41) is 17.4. The average Bonchev–Trinajstić information content (AvgIpc) is 2.89. The van der Waals surface area contributed by atoms with E-state index in [0.29, 0.717) is 6.42 Å².